The van der Waals surface area contributed by atoms with Gasteiger partial charge in [0, 0.05) is 6.54 Å². The number of carbonyl (C=O) groups excluding carboxylic acids is 1. The number of methoxy groups -OCH3 is 1. The van der Waals surface area contributed by atoms with Gasteiger partial charge >= 0.3 is 0 Å². The number of nitrogens with zero attached hydrogens (tertiary/aromatic N) is 2. The number of rotatable bonds is 6. The molecule has 2 heterocycles. The number of hydrogen-bond donors (Lipinski definition) is 1. The first-order valence-corrected chi connectivity index (χ1v) is 8.45. The Morgan fingerprint density at radius 1 is 1.15 bits per heavy atom. The van der Waals surface area contributed by atoms with Crippen molar-refractivity contribution in [2.45, 2.75) is 25.9 Å². The highest BCUT2D eigenvalue weighted by molar-refractivity contribution is 6.01. The summed E-state index contributed by atoms with van der Waals surface area (Å²) in [4.78, 5) is 18.6. The molecule has 1 aromatic carbocycles. The minimum absolute atomic E-state index is 0.146. The zero-order valence-electron chi connectivity index (χ0n) is 15.2. The van der Waals surface area contributed by atoms with E-state index in [0.717, 1.165) is 11.5 Å². The fourth-order valence-electron chi connectivity index (χ4n) is 2.76. The van der Waals surface area contributed by atoms with Gasteiger partial charge in [0.15, 0.2) is 17.2 Å². The Balaban J connectivity index is 1.64. The Hall–Kier alpha value is -2.96. The van der Waals surface area contributed by atoms with Gasteiger partial charge in [0.25, 0.3) is 5.91 Å². The molecule has 0 saturated heterocycles. The predicted octanol–water partition coefficient (Wildman–Crippen LogP) is 2.65. The van der Waals surface area contributed by atoms with Crippen LogP contribution in [0.3, 0.4) is 0 Å². The maximum Gasteiger partial charge on any atom is 0.271 e. The molecule has 1 amide bonds. The summed E-state index contributed by atoms with van der Waals surface area (Å²) in [6.07, 6.45) is 0.643. The van der Waals surface area contributed by atoms with Crippen LogP contribution in [-0.4, -0.2) is 36.8 Å². The summed E-state index contributed by atoms with van der Waals surface area (Å²) in [5, 5.41) is 0. The van der Waals surface area contributed by atoms with Crippen LogP contribution >= 0.6 is 0 Å². The van der Waals surface area contributed by atoms with Crippen molar-refractivity contribution in [3.05, 3.63) is 36.4 Å². The number of carbonyl (C=O) groups is 1. The van der Waals surface area contributed by atoms with E-state index in [0.29, 0.717) is 37.0 Å². The fourth-order valence-corrected chi connectivity index (χ4v) is 2.76. The highest BCUT2D eigenvalue weighted by atomic mass is 16.5. The molecule has 0 spiro atoms. The number of amides is 1. The minimum Gasteiger partial charge on any atom is -0.497 e. The van der Waals surface area contributed by atoms with Gasteiger partial charge in [-0.05, 0) is 56.7 Å². The van der Waals surface area contributed by atoms with Crippen molar-refractivity contribution in [1.82, 2.24) is 4.98 Å². The van der Waals surface area contributed by atoms with Crippen molar-refractivity contribution in [3.8, 4) is 17.2 Å². The van der Waals surface area contributed by atoms with Gasteiger partial charge in [-0.3, -0.25) is 9.69 Å². The Morgan fingerprint density at radius 3 is 2.54 bits per heavy atom. The summed E-state index contributed by atoms with van der Waals surface area (Å²) in [5.41, 5.74) is 4.83. The monoisotopic (exact) mass is 357 g/mol. The smallest absolute Gasteiger partial charge is 0.271 e. The molecule has 0 aliphatic carbocycles. The average molecular weight is 357 g/mol. The summed E-state index contributed by atoms with van der Waals surface area (Å²) >= 11 is 0. The van der Waals surface area contributed by atoms with Crippen LogP contribution in [0.15, 0.2) is 36.4 Å². The summed E-state index contributed by atoms with van der Waals surface area (Å²) < 4.78 is 16.6. The second-order valence-electron chi connectivity index (χ2n) is 6.50. The quantitative estimate of drug-likeness (QED) is 0.800. The third-order valence-corrected chi connectivity index (χ3v) is 4.10. The average Bonchev–Trinajstić information content (AvgIpc) is 2.62. The van der Waals surface area contributed by atoms with Gasteiger partial charge < -0.3 is 19.9 Å². The van der Waals surface area contributed by atoms with E-state index >= 15 is 0 Å². The van der Waals surface area contributed by atoms with E-state index in [1.54, 1.807) is 38.0 Å². The fraction of sp³-hybridized carbons (Fsp3) is 0.368. The molecule has 7 nitrogen and oxygen atoms in total. The molecule has 0 atom stereocenters. The Morgan fingerprint density at radius 2 is 1.85 bits per heavy atom. The molecule has 26 heavy (non-hydrogen) atoms. The third kappa shape index (κ3) is 3.66. The van der Waals surface area contributed by atoms with Crippen molar-refractivity contribution in [3.63, 3.8) is 0 Å². The molecule has 1 aromatic heterocycles. The molecule has 2 N–H and O–H groups in total. The Kier molecular flexibility index (Phi) is 4.88. The first-order chi connectivity index (χ1) is 12.4. The van der Waals surface area contributed by atoms with Crippen molar-refractivity contribution in [2.24, 2.45) is 0 Å². The number of ether oxygens (including phenoxy) is 3. The van der Waals surface area contributed by atoms with Crippen LogP contribution in [0.25, 0.3) is 0 Å². The van der Waals surface area contributed by atoms with Gasteiger partial charge in [-0.25, -0.2) is 4.98 Å². The van der Waals surface area contributed by atoms with E-state index < -0.39 is 5.60 Å². The first-order valence-electron chi connectivity index (χ1n) is 8.45. The van der Waals surface area contributed by atoms with Crippen LogP contribution < -0.4 is 24.8 Å². The van der Waals surface area contributed by atoms with Gasteiger partial charge in [0.05, 0.1) is 13.7 Å². The number of nitrogens with two attached hydrogens (primary N) is 1. The molecule has 1 aliphatic heterocycles. The van der Waals surface area contributed by atoms with Crippen LogP contribution in [-0.2, 0) is 4.79 Å². The van der Waals surface area contributed by atoms with Crippen LogP contribution in [0.1, 0.15) is 20.3 Å². The topological polar surface area (TPSA) is 86.9 Å². The number of anilines is 2. The lowest BCUT2D eigenvalue weighted by Gasteiger charge is -2.37. The lowest BCUT2D eigenvalue weighted by Crippen LogP contribution is -2.53. The van der Waals surface area contributed by atoms with Gasteiger partial charge in [0.1, 0.15) is 17.3 Å². The number of nitrogen functional groups attached to an aromatic ring is 1. The molecule has 1 aliphatic rings. The number of fused-ring (bicyclic) bond motifs is 1. The molecule has 2 aromatic rings. The SMILES string of the molecule is COc1ccc(OCCCN2C(=O)C(C)(C)Oc3ccc(N)nc32)cc1. The standard InChI is InChI=1S/C19H23N3O4/c1-19(2)18(23)22(17-15(26-19)9-10-16(20)21-17)11-4-12-25-14-7-5-13(24-3)6-8-14/h5-10H,4,11-12H2,1-3H3,(H2,20,21). The molecular weight excluding hydrogens is 334 g/mol. The molecule has 138 valence electrons. The number of pyridine rings is 1. The van der Waals surface area contributed by atoms with Gasteiger partial charge in [-0.1, -0.05) is 0 Å². The van der Waals surface area contributed by atoms with Crippen molar-refractivity contribution in [2.75, 3.05) is 30.9 Å². The first kappa shape index (κ1) is 17.8. The molecule has 3 rings (SSSR count). The maximum atomic E-state index is 12.7. The lowest BCUT2D eigenvalue weighted by molar-refractivity contribution is -0.132. The number of aromatic nitrogens is 1. The third-order valence-electron chi connectivity index (χ3n) is 4.10. The largest absolute Gasteiger partial charge is 0.497 e. The Bertz CT molecular complexity index is 790. The van der Waals surface area contributed by atoms with Gasteiger partial charge in [0.2, 0.25) is 0 Å². The highest BCUT2D eigenvalue weighted by Crippen LogP contribution is 2.36. The molecule has 0 radical (unpaired) electrons. The maximum absolute atomic E-state index is 12.7. The van der Waals surface area contributed by atoms with Crippen molar-refractivity contribution in [1.29, 1.82) is 0 Å². The molecule has 7 heteroatoms. The van der Waals surface area contributed by atoms with Gasteiger partial charge in [-0.2, -0.15) is 0 Å². The van der Waals surface area contributed by atoms with Crippen molar-refractivity contribution < 1.29 is 19.0 Å². The second kappa shape index (κ2) is 7.11. The van der Waals surface area contributed by atoms with E-state index in [1.807, 2.05) is 24.3 Å². The summed E-state index contributed by atoms with van der Waals surface area (Å²) in [6.45, 7) is 4.42. The molecule has 0 fully saturated rings. The van der Waals surface area contributed by atoms with Crippen LogP contribution in [0.4, 0.5) is 11.6 Å². The zero-order chi connectivity index (χ0) is 18.7. The predicted molar refractivity (Wildman–Crippen MR) is 98.8 cm³/mol. The van der Waals surface area contributed by atoms with Gasteiger partial charge in [-0.15, -0.1) is 0 Å². The zero-order valence-corrected chi connectivity index (χ0v) is 15.2. The normalized spacial score (nSPS) is 15.2. The molecule has 0 saturated carbocycles. The molecule has 0 bridgehead atoms. The van der Waals surface area contributed by atoms with Crippen LogP contribution in [0, 0.1) is 0 Å². The van der Waals surface area contributed by atoms with Crippen molar-refractivity contribution >= 4 is 17.5 Å². The lowest BCUT2D eigenvalue weighted by atomic mass is 10.1. The minimum atomic E-state index is -0.943. The number of hydrogen-bond acceptors (Lipinski definition) is 6. The second-order valence-corrected chi connectivity index (χ2v) is 6.50. The van der Waals surface area contributed by atoms with E-state index in [9.17, 15) is 4.79 Å². The van der Waals surface area contributed by atoms with E-state index in [1.165, 1.54) is 0 Å². The van der Waals surface area contributed by atoms with Crippen LogP contribution in [0.2, 0.25) is 0 Å². The summed E-state index contributed by atoms with van der Waals surface area (Å²) in [6, 6.07) is 10.8. The summed E-state index contributed by atoms with van der Waals surface area (Å²) in [5.74, 6) is 2.74. The summed E-state index contributed by atoms with van der Waals surface area (Å²) in [7, 11) is 1.62. The van der Waals surface area contributed by atoms with E-state index in [4.69, 9.17) is 19.9 Å². The van der Waals surface area contributed by atoms with E-state index in [-0.39, 0.29) is 5.91 Å². The molecular formula is C19H23N3O4. The molecule has 0 unspecified atom stereocenters. The highest BCUT2D eigenvalue weighted by Gasteiger charge is 2.41. The van der Waals surface area contributed by atoms with E-state index in [2.05, 4.69) is 4.98 Å². The Labute approximate surface area is 152 Å². The number of benzene rings is 1. The van der Waals surface area contributed by atoms with Crippen LogP contribution in [0.5, 0.6) is 17.2 Å².